The van der Waals surface area contributed by atoms with Crippen molar-refractivity contribution in [2.24, 2.45) is 0 Å². The van der Waals surface area contributed by atoms with Gasteiger partial charge in [0.1, 0.15) is 18.5 Å². The van der Waals surface area contributed by atoms with Crippen molar-refractivity contribution >= 4 is 28.9 Å². The van der Waals surface area contributed by atoms with Crippen LogP contribution in [0.3, 0.4) is 0 Å². The number of rotatable bonds is 6. The highest BCUT2D eigenvalue weighted by Gasteiger charge is 2.20. The van der Waals surface area contributed by atoms with Crippen LogP contribution < -0.4 is 9.64 Å². The molecule has 0 spiro atoms. The van der Waals surface area contributed by atoms with E-state index in [0.29, 0.717) is 27.9 Å². The van der Waals surface area contributed by atoms with Crippen LogP contribution in [0.2, 0.25) is 10.0 Å². The topological polar surface area (TPSA) is 59.7 Å². The van der Waals surface area contributed by atoms with Gasteiger partial charge in [0.2, 0.25) is 0 Å². The van der Waals surface area contributed by atoms with E-state index in [2.05, 4.69) is 15.9 Å². The van der Waals surface area contributed by atoms with Gasteiger partial charge in [0.15, 0.2) is 0 Å². The molecule has 1 aliphatic rings. The third-order valence-electron chi connectivity index (χ3n) is 4.54. The van der Waals surface area contributed by atoms with Crippen LogP contribution in [-0.4, -0.2) is 55.4 Å². The summed E-state index contributed by atoms with van der Waals surface area (Å²) in [6, 6.07) is 14.6. The fourth-order valence-electron chi connectivity index (χ4n) is 3.04. The summed E-state index contributed by atoms with van der Waals surface area (Å²) in [6.45, 7) is 4.22. The van der Waals surface area contributed by atoms with Gasteiger partial charge in [-0.25, -0.2) is 0 Å². The lowest BCUT2D eigenvalue weighted by atomic mass is 10.2. The van der Waals surface area contributed by atoms with Gasteiger partial charge in [-0.05, 0) is 42.5 Å². The highest BCUT2D eigenvalue weighted by molar-refractivity contribution is 6.42. The van der Waals surface area contributed by atoms with Crippen molar-refractivity contribution in [2.75, 3.05) is 44.2 Å². The molecule has 5 nitrogen and oxygen atoms in total. The lowest BCUT2D eigenvalue weighted by molar-refractivity contribution is 0.0663. The van der Waals surface area contributed by atoms with Crippen LogP contribution in [0.25, 0.3) is 0 Å². The van der Waals surface area contributed by atoms with Crippen LogP contribution in [0, 0.1) is 11.3 Å². The van der Waals surface area contributed by atoms with Gasteiger partial charge in [-0.15, -0.1) is 0 Å². The molecule has 0 amide bonds. The van der Waals surface area contributed by atoms with Crippen molar-refractivity contribution < 1.29 is 9.84 Å². The minimum atomic E-state index is -0.572. The average Bonchev–Trinajstić information content (AvgIpc) is 2.69. The van der Waals surface area contributed by atoms with Crippen LogP contribution in [-0.2, 0) is 0 Å². The molecule has 7 heteroatoms. The Morgan fingerprint density at radius 1 is 1.04 bits per heavy atom. The molecule has 1 fully saturated rings. The molecule has 142 valence electrons. The standard InChI is InChI=1S/C20H21Cl2N3O2/c21-19-6-3-16(11-20(19)22)25-9-7-24(8-10-25)13-17(26)14-27-18-4-1-15(12-23)2-5-18/h1-6,11,17,26H,7-10,13-14H2. The Labute approximate surface area is 169 Å². The maximum Gasteiger partial charge on any atom is 0.119 e. The quantitative estimate of drug-likeness (QED) is 0.797. The minimum Gasteiger partial charge on any atom is -0.491 e. The SMILES string of the molecule is N#Cc1ccc(OCC(O)CN2CCN(c3ccc(Cl)c(Cl)c3)CC2)cc1. The van der Waals surface area contributed by atoms with Crippen molar-refractivity contribution in [3.63, 3.8) is 0 Å². The van der Waals surface area contributed by atoms with E-state index in [0.717, 1.165) is 31.9 Å². The van der Waals surface area contributed by atoms with Gasteiger partial charge in [0.25, 0.3) is 0 Å². The number of piperazine rings is 1. The third-order valence-corrected chi connectivity index (χ3v) is 5.27. The first-order chi connectivity index (χ1) is 13.0. The molecule has 1 heterocycles. The molecule has 0 bridgehead atoms. The number of hydrogen-bond acceptors (Lipinski definition) is 5. The minimum absolute atomic E-state index is 0.221. The largest absolute Gasteiger partial charge is 0.491 e. The Bertz CT molecular complexity index is 800. The number of aliphatic hydroxyl groups excluding tert-OH is 1. The van der Waals surface area contributed by atoms with Gasteiger partial charge in [0.05, 0.1) is 21.7 Å². The Morgan fingerprint density at radius 2 is 1.74 bits per heavy atom. The molecule has 0 aromatic heterocycles. The number of nitriles is 1. The van der Waals surface area contributed by atoms with Gasteiger partial charge in [-0.1, -0.05) is 23.2 Å². The molecule has 2 aromatic rings. The first-order valence-electron chi connectivity index (χ1n) is 8.78. The molecule has 0 radical (unpaired) electrons. The van der Waals surface area contributed by atoms with Crippen molar-refractivity contribution in [2.45, 2.75) is 6.10 Å². The summed E-state index contributed by atoms with van der Waals surface area (Å²) in [6.07, 6.45) is -0.572. The summed E-state index contributed by atoms with van der Waals surface area (Å²) in [7, 11) is 0. The highest BCUT2D eigenvalue weighted by Crippen LogP contribution is 2.27. The van der Waals surface area contributed by atoms with E-state index in [9.17, 15) is 5.11 Å². The summed E-state index contributed by atoms with van der Waals surface area (Å²) in [5.41, 5.74) is 1.65. The second-order valence-electron chi connectivity index (χ2n) is 6.49. The Kier molecular flexibility index (Phi) is 6.81. The molecule has 2 aromatic carbocycles. The smallest absolute Gasteiger partial charge is 0.119 e. The lowest BCUT2D eigenvalue weighted by Gasteiger charge is -2.37. The molecule has 1 aliphatic heterocycles. The van der Waals surface area contributed by atoms with Gasteiger partial charge < -0.3 is 14.7 Å². The van der Waals surface area contributed by atoms with Gasteiger partial charge in [0, 0.05) is 38.4 Å². The normalized spacial score (nSPS) is 16.0. The number of β-amino-alcohol motifs (C(OH)–C–C–N with tert-alkyl or cyclic N) is 1. The van der Waals surface area contributed by atoms with Crippen LogP contribution in [0.4, 0.5) is 5.69 Å². The summed E-state index contributed by atoms with van der Waals surface area (Å²) >= 11 is 12.1. The molecule has 1 atom stereocenters. The molecular weight excluding hydrogens is 385 g/mol. The number of ether oxygens (including phenoxy) is 1. The molecule has 27 heavy (non-hydrogen) atoms. The van der Waals surface area contributed by atoms with E-state index < -0.39 is 6.10 Å². The second-order valence-corrected chi connectivity index (χ2v) is 7.30. The zero-order valence-corrected chi connectivity index (χ0v) is 16.3. The van der Waals surface area contributed by atoms with Gasteiger partial charge in [-0.2, -0.15) is 5.26 Å². The highest BCUT2D eigenvalue weighted by atomic mass is 35.5. The van der Waals surface area contributed by atoms with Crippen molar-refractivity contribution in [1.29, 1.82) is 5.26 Å². The summed E-state index contributed by atoms with van der Waals surface area (Å²) in [5.74, 6) is 0.650. The van der Waals surface area contributed by atoms with E-state index in [1.807, 2.05) is 18.2 Å². The maximum atomic E-state index is 10.2. The maximum absolute atomic E-state index is 10.2. The van der Waals surface area contributed by atoms with Crippen molar-refractivity contribution in [3.05, 3.63) is 58.1 Å². The van der Waals surface area contributed by atoms with Crippen LogP contribution in [0.5, 0.6) is 5.75 Å². The van der Waals surface area contributed by atoms with E-state index in [4.69, 9.17) is 33.2 Å². The molecule has 0 saturated carbocycles. The zero-order chi connectivity index (χ0) is 19.2. The van der Waals surface area contributed by atoms with Crippen LogP contribution in [0.15, 0.2) is 42.5 Å². The van der Waals surface area contributed by atoms with E-state index in [-0.39, 0.29) is 6.61 Å². The number of anilines is 1. The fourth-order valence-corrected chi connectivity index (χ4v) is 3.33. The number of aliphatic hydroxyl groups is 1. The average molecular weight is 406 g/mol. The van der Waals surface area contributed by atoms with E-state index >= 15 is 0 Å². The first-order valence-corrected chi connectivity index (χ1v) is 9.54. The predicted octanol–water partition coefficient (Wildman–Crippen LogP) is 3.43. The monoisotopic (exact) mass is 405 g/mol. The van der Waals surface area contributed by atoms with Crippen molar-refractivity contribution in [3.8, 4) is 11.8 Å². The third kappa shape index (κ3) is 5.50. The van der Waals surface area contributed by atoms with Gasteiger partial charge in [-0.3, -0.25) is 4.90 Å². The van der Waals surface area contributed by atoms with Gasteiger partial charge >= 0.3 is 0 Å². The molecular formula is C20H21Cl2N3O2. The number of hydrogen-bond donors (Lipinski definition) is 1. The number of halogens is 2. The molecule has 1 saturated heterocycles. The van der Waals surface area contributed by atoms with Crippen LogP contribution in [0.1, 0.15) is 5.56 Å². The number of nitrogens with zero attached hydrogens (tertiary/aromatic N) is 3. The predicted molar refractivity (Wildman–Crippen MR) is 108 cm³/mol. The fraction of sp³-hybridized carbons (Fsp3) is 0.350. The molecule has 3 rings (SSSR count). The van der Waals surface area contributed by atoms with Crippen molar-refractivity contribution in [1.82, 2.24) is 4.90 Å². The Hall–Kier alpha value is -1.97. The molecule has 1 N–H and O–H groups in total. The van der Waals surface area contributed by atoms with Crippen LogP contribution >= 0.6 is 23.2 Å². The van der Waals surface area contributed by atoms with E-state index in [1.54, 1.807) is 24.3 Å². The summed E-state index contributed by atoms with van der Waals surface area (Å²) < 4.78 is 5.60. The zero-order valence-electron chi connectivity index (χ0n) is 14.8. The van der Waals surface area contributed by atoms with E-state index in [1.165, 1.54) is 0 Å². The number of benzene rings is 2. The molecule has 0 aliphatic carbocycles. The summed E-state index contributed by atoms with van der Waals surface area (Å²) in [5, 5.41) is 20.2. The molecule has 1 unspecified atom stereocenters. The first kappa shape index (κ1) is 19.8. The Balaban J connectivity index is 1.42. The lowest BCUT2D eigenvalue weighted by Crippen LogP contribution is -2.49. The Morgan fingerprint density at radius 3 is 2.37 bits per heavy atom. The summed E-state index contributed by atoms with van der Waals surface area (Å²) in [4.78, 5) is 4.49. The second kappa shape index (κ2) is 9.29.